The van der Waals surface area contributed by atoms with Crippen LogP contribution in [0.3, 0.4) is 0 Å². The van der Waals surface area contributed by atoms with Crippen LogP contribution in [0.5, 0.6) is 0 Å². The summed E-state index contributed by atoms with van der Waals surface area (Å²) in [6.45, 7) is 8.23. The topological polar surface area (TPSA) is 28.1 Å². The van der Waals surface area contributed by atoms with Gasteiger partial charge >= 0.3 is 0 Å². The smallest absolute Gasteiger partial charge is 0.0688 e. The molecule has 1 aliphatic carbocycles. The molecule has 1 unspecified atom stereocenters. The van der Waals surface area contributed by atoms with Gasteiger partial charge in [0, 0.05) is 37.7 Å². The Balaban J connectivity index is 1.54. The zero-order valence-electron chi connectivity index (χ0n) is 14.6. The van der Waals surface area contributed by atoms with Crippen molar-refractivity contribution in [2.75, 3.05) is 39.4 Å². The van der Waals surface area contributed by atoms with Crippen LogP contribution in [0.15, 0.2) is 46.7 Å². The third-order valence-electron chi connectivity index (χ3n) is 5.19. The molecule has 1 saturated heterocycles. The van der Waals surface area contributed by atoms with Crippen LogP contribution in [-0.4, -0.2) is 55.0 Å². The molecule has 0 bridgehead atoms. The minimum atomic E-state index is 0.569. The predicted molar refractivity (Wildman–Crippen MR) is 97.0 cm³/mol. The monoisotopic (exact) mass is 325 g/mol. The maximum Gasteiger partial charge on any atom is 0.0688 e. The van der Waals surface area contributed by atoms with Crippen LogP contribution in [0.2, 0.25) is 0 Å². The molecule has 2 heterocycles. The third kappa shape index (κ3) is 3.55. The molecule has 1 aromatic rings. The molecule has 1 aromatic carbocycles. The molecule has 4 rings (SSSR count). The Labute approximate surface area is 144 Å². The van der Waals surface area contributed by atoms with Crippen LogP contribution in [0.25, 0.3) is 0 Å². The summed E-state index contributed by atoms with van der Waals surface area (Å²) in [6.07, 6.45) is 3.59. The normalized spacial score (nSPS) is 25.0. The van der Waals surface area contributed by atoms with Crippen LogP contribution >= 0.6 is 0 Å². The fourth-order valence-electron chi connectivity index (χ4n) is 3.77. The average molecular weight is 325 g/mol. The van der Waals surface area contributed by atoms with Crippen LogP contribution in [0.4, 0.5) is 0 Å². The lowest BCUT2D eigenvalue weighted by molar-refractivity contribution is 0.0343. The van der Waals surface area contributed by atoms with Crippen LogP contribution < -0.4 is 0 Å². The minimum absolute atomic E-state index is 0.569. The van der Waals surface area contributed by atoms with E-state index in [1.807, 2.05) is 0 Å². The lowest BCUT2D eigenvalue weighted by Gasteiger charge is -2.35. The highest BCUT2D eigenvalue weighted by molar-refractivity contribution is 6.01. The highest BCUT2D eigenvalue weighted by Crippen LogP contribution is 2.40. The second-order valence-electron chi connectivity index (χ2n) is 7.08. The minimum Gasteiger partial charge on any atom is -0.379 e. The van der Waals surface area contributed by atoms with Crippen LogP contribution in [0, 0.1) is 5.92 Å². The highest BCUT2D eigenvalue weighted by atomic mass is 16.5. The van der Waals surface area contributed by atoms with Gasteiger partial charge in [-0.3, -0.25) is 9.91 Å². The Kier molecular flexibility index (Phi) is 4.67. The Morgan fingerprint density at radius 3 is 2.54 bits per heavy atom. The van der Waals surface area contributed by atoms with E-state index in [0.29, 0.717) is 5.92 Å². The lowest BCUT2D eigenvalue weighted by Crippen LogP contribution is -2.41. The molecule has 0 spiro atoms. The molecular formula is C20H27N3O. The van der Waals surface area contributed by atoms with E-state index in [4.69, 9.17) is 9.84 Å². The number of rotatable bonds is 4. The molecule has 4 nitrogen and oxygen atoms in total. The fraction of sp³-hybridized carbons (Fsp3) is 0.550. The molecule has 0 aromatic heterocycles. The second-order valence-corrected chi connectivity index (χ2v) is 7.08. The van der Waals surface area contributed by atoms with Gasteiger partial charge in [-0.15, -0.1) is 0 Å². The van der Waals surface area contributed by atoms with E-state index in [1.165, 1.54) is 29.8 Å². The molecule has 128 valence electrons. The molecular weight excluding hydrogens is 298 g/mol. The number of nitrogens with zero attached hydrogens (tertiary/aromatic N) is 3. The zero-order valence-corrected chi connectivity index (χ0v) is 14.6. The van der Waals surface area contributed by atoms with E-state index >= 15 is 0 Å². The van der Waals surface area contributed by atoms with Gasteiger partial charge in [0.05, 0.1) is 25.5 Å². The first-order valence-electron chi connectivity index (χ1n) is 9.24. The van der Waals surface area contributed by atoms with Gasteiger partial charge in [0.25, 0.3) is 0 Å². The number of hydrazone groups is 1. The van der Waals surface area contributed by atoms with Crippen molar-refractivity contribution >= 4 is 5.71 Å². The number of hydrogen-bond donors (Lipinski definition) is 0. The summed E-state index contributed by atoms with van der Waals surface area (Å²) in [6, 6.07) is 10.6. The maximum atomic E-state index is 5.46. The van der Waals surface area contributed by atoms with Gasteiger partial charge in [0.1, 0.15) is 0 Å². The molecule has 4 heteroatoms. The Hall–Kier alpha value is -1.65. The van der Waals surface area contributed by atoms with Gasteiger partial charge in [-0.1, -0.05) is 37.3 Å². The van der Waals surface area contributed by atoms with E-state index in [0.717, 1.165) is 45.8 Å². The predicted octanol–water partition coefficient (Wildman–Crippen LogP) is 3.11. The fourth-order valence-corrected chi connectivity index (χ4v) is 3.77. The van der Waals surface area contributed by atoms with Gasteiger partial charge in [0.2, 0.25) is 0 Å². The largest absolute Gasteiger partial charge is 0.379 e. The third-order valence-corrected chi connectivity index (χ3v) is 5.19. The molecule has 0 radical (unpaired) electrons. The first-order chi connectivity index (χ1) is 11.8. The second kappa shape index (κ2) is 7.08. The number of morpholine rings is 1. The number of allylic oxidation sites excluding steroid dienone is 2. The van der Waals surface area contributed by atoms with Gasteiger partial charge in [-0.05, 0) is 24.0 Å². The lowest BCUT2D eigenvalue weighted by atomic mass is 9.93. The Bertz CT molecular complexity index is 626. The highest BCUT2D eigenvalue weighted by Gasteiger charge is 2.31. The van der Waals surface area contributed by atoms with Gasteiger partial charge in [-0.2, -0.15) is 5.10 Å². The zero-order chi connectivity index (χ0) is 16.4. The van der Waals surface area contributed by atoms with Crippen molar-refractivity contribution < 1.29 is 4.74 Å². The summed E-state index contributed by atoms with van der Waals surface area (Å²) in [4.78, 5) is 2.50. The molecule has 1 atom stereocenters. The van der Waals surface area contributed by atoms with E-state index in [9.17, 15) is 0 Å². The van der Waals surface area contributed by atoms with E-state index in [1.54, 1.807) is 5.57 Å². The van der Waals surface area contributed by atoms with Gasteiger partial charge < -0.3 is 4.74 Å². The summed E-state index contributed by atoms with van der Waals surface area (Å²) < 4.78 is 5.46. The SMILES string of the molecule is CC1CC(c2ccccc2)=NN(CCN2CCOCC2)C1=C1CC1. The first kappa shape index (κ1) is 15.9. The summed E-state index contributed by atoms with van der Waals surface area (Å²) in [5.74, 6) is 0.569. The number of hydrogen-bond acceptors (Lipinski definition) is 4. The number of ether oxygens (including phenoxy) is 1. The number of benzene rings is 1. The van der Waals surface area contributed by atoms with Gasteiger partial charge in [-0.25, -0.2) is 0 Å². The van der Waals surface area contributed by atoms with Gasteiger partial charge in [0.15, 0.2) is 0 Å². The standard InChI is InChI=1S/C20H27N3O/c1-16-15-19(17-5-3-2-4-6-17)21-23(20(16)18-7-8-18)10-9-22-11-13-24-14-12-22/h2-6,16H,7-15H2,1H3. The maximum absolute atomic E-state index is 5.46. The molecule has 0 amide bonds. The summed E-state index contributed by atoms with van der Waals surface area (Å²) in [5, 5.41) is 7.38. The van der Waals surface area contributed by atoms with E-state index in [-0.39, 0.29) is 0 Å². The average Bonchev–Trinajstić information content (AvgIpc) is 3.46. The van der Waals surface area contributed by atoms with Crippen molar-refractivity contribution in [3.05, 3.63) is 47.2 Å². The molecule has 2 fully saturated rings. The van der Waals surface area contributed by atoms with Crippen molar-refractivity contribution in [3.8, 4) is 0 Å². The molecule has 24 heavy (non-hydrogen) atoms. The van der Waals surface area contributed by atoms with Crippen molar-refractivity contribution in [1.29, 1.82) is 0 Å². The van der Waals surface area contributed by atoms with Crippen molar-refractivity contribution in [1.82, 2.24) is 9.91 Å². The quantitative estimate of drug-likeness (QED) is 0.851. The van der Waals surface area contributed by atoms with Crippen molar-refractivity contribution in [2.45, 2.75) is 26.2 Å². The van der Waals surface area contributed by atoms with Crippen molar-refractivity contribution in [3.63, 3.8) is 0 Å². The van der Waals surface area contributed by atoms with Crippen LogP contribution in [0.1, 0.15) is 31.7 Å². The summed E-state index contributed by atoms with van der Waals surface area (Å²) >= 11 is 0. The molecule has 3 aliphatic rings. The summed E-state index contributed by atoms with van der Waals surface area (Å²) in [7, 11) is 0. The Morgan fingerprint density at radius 1 is 1.08 bits per heavy atom. The molecule has 1 saturated carbocycles. The van der Waals surface area contributed by atoms with Crippen molar-refractivity contribution in [2.24, 2.45) is 11.0 Å². The van der Waals surface area contributed by atoms with Crippen LogP contribution in [-0.2, 0) is 4.74 Å². The molecule has 0 N–H and O–H groups in total. The Morgan fingerprint density at radius 2 is 1.83 bits per heavy atom. The molecule has 2 aliphatic heterocycles. The first-order valence-corrected chi connectivity index (χ1v) is 9.24. The van der Waals surface area contributed by atoms with E-state index in [2.05, 4.69) is 47.2 Å². The summed E-state index contributed by atoms with van der Waals surface area (Å²) in [5.41, 5.74) is 5.62. The van der Waals surface area contributed by atoms with E-state index < -0.39 is 0 Å².